The standard InChI is InChI=1S/C15H13NO2S/c17-13(11-6-2-1-3-7-11)10-19-15-16-12-8-4-5-9-14(12)18-15/h1-9,13,17H,10H2. The van der Waals surface area contributed by atoms with Crippen LogP contribution in [0.5, 0.6) is 0 Å². The van der Waals surface area contributed by atoms with Crippen molar-refractivity contribution in [1.29, 1.82) is 0 Å². The van der Waals surface area contributed by atoms with Gasteiger partial charge in [0.15, 0.2) is 5.58 Å². The van der Waals surface area contributed by atoms with Crippen LogP contribution in [0.3, 0.4) is 0 Å². The monoisotopic (exact) mass is 271 g/mol. The van der Waals surface area contributed by atoms with Crippen LogP contribution in [-0.4, -0.2) is 15.8 Å². The van der Waals surface area contributed by atoms with Crippen molar-refractivity contribution in [2.45, 2.75) is 11.3 Å². The number of thioether (sulfide) groups is 1. The Bertz CT molecular complexity index is 633. The van der Waals surface area contributed by atoms with Gasteiger partial charge in [0.25, 0.3) is 5.22 Å². The molecule has 0 amide bonds. The van der Waals surface area contributed by atoms with E-state index in [0.29, 0.717) is 11.0 Å². The highest BCUT2D eigenvalue weighted by atomic mass is 32.2. The molecule has 0 bridgehead atoms. The number of aromatic nitrogens is 1. The summed E-state index contributed by atoms with van der Waals surface area (Å²) in [5.41, 5.74) is 2.53. The van der Waals surface area contributed by atoms with Crippen molar-refractivity contribution in [3.63, 3.8) is 0 Å². The second kappa shape index (κ2) is 5.47. The summed E-state index contributed by atoms with van der Waals surface area (Å²) in [6, 6.07) is 17.2. The second-order valence-electron chi connectivity index (χ2n) is 4.18. The summed E-state index contributed by atoms with van der Waals surface area (Å²) < 4.78 is 5.60. The number of nitrogens with zero attached hydrogens (tertiary/aromatic N) is 1. The number of fused-ring (bicyclic) bond motifs is 1. The third-order valence-electron chi connectivity index (χ3n) is 2.82. The van der Waals surface area contributed by atoms with Crippen LogP contribution in [0.25, 0.3) is 11.1 Å². The fraction of sp³-hybridized carbons (Fsp3) is 0.133. The lowest BCUT2D eigenvalue weighted by atomic mass is 10.1. The zero-order chi connectivity index (χ0) is 13.1. The molecule has 4 heteroatoms. The molecule has 1 heterocycles. The molecule has 3 rings (SSSR count). The normalized spacial score (nSPS) is 12.7. The van der Waals surface area contributed by atoms with E-state index in [1.807, 2.05) is 54.6 Å². The van der Waals surface area contributed by atoms with E-state index in [1.165, 1.54) is 11.8 Å². The number of hydrogen-bond donors (Lipinski definition) is 1. The van der Waals surface area contributed by atoms with E-state index in [9.17, 15) is 5.11 Å². The van der Waals surface area contributed by atoms with Gasteiger partial charge in [0.1, 0.15) is 5.52 Å². The van der Waals surface area contributed by atoms with Gasteiger partial charge in [-0.05, 0) is 17.7 Å². The van der Waals surface area contributed by atoms with Gasteiger partial charge in [-0.1, -0.05) is 54.2 Å². The molecule has 0 radical (unpaired) electrons. The van der Waals surface area contributed by atoms with Crippen LogP contribution in [0.15, 0.2) is 64.2 Å². The Hall–Kier alpha value is -1.78. The average Bonchev–Trinajstić information content (AvgIpc) is 2.88. The van der Waals surface area contributed by atoms with E-state index in [-0.39, 0.29) is 0 Å². The molecule has 96 valence electrons. The van der Waals surface area contributed by atoms with Crippen molar-refractivity contribution in [2.75, 3.05) is 5.75 Å². The van der Waals surface area contributed by atoms with Gasteiger partial charge in [0, 0.05) is 5.75 Å². The maximum atomic E-state index is 10.1. The highest BCUT2D eigenvalue weighted by molar-refractivity contribution is 7.99. The van der Waals surface area contributed by atoms with Crippen molar-refractivity contribution in [2.24, 2.45) is 0 Å². The molecule has 1 aromatic heterocycles. The third kappa shape index (κ3) is 2.80. The summed E-state index contributed by atoms with van der Waals surface area (Å²) in [5, 5.41) is 10.7. The molecular weight excluding hydrogens is 258 g/mol. The van der Waals surface area contributed by atoms with Gasteiger partial charge in [-0.3, -0.25) is 0 Å². The molecule has 3 nitrogen and oxygen atoms in total. The quantitative estimate of drug-likeness (QED) is 0.736. The van der Waals surface area contributed by atoms with E-state index < -0.39 is 6.10 Å². The molecule has 2 aromatic carbocycles. The molecule has 1 atom stereocenters. The van der Waals surface area contributed by atoms with Gasteiger partial charge in [-0.25, -0.2) is 4.98 Å². The van der Waals surface area contributed by atoms with Crippen LogP contribution in [-0.2, 0) is 0 Å². The van der Waals surface area contributed by atoms with Gasteiger partial charge >= 0.3 is 0 Å². The third-order valence-corrected chi connectivity index (χ3v) is 3.73. The maximum Gasteiger partial charge on any atom is 0.256 e. The minimum atomic E-state index is -0.513. The molecule has 0 fully saturated rings. The summed E-state index contributed by atoms with van der Waals surface area (Å²) in [4.78, 5) is 4.36. The minimum absolute atomic E-state index is 0.513. The number of benzene rings is 2. The van der Waals surface area contributed by atoms with E-state index >= 15 is 0 Å². The van der Waals surface area contributed by atoms with E-state index in [0.717, 1.165) is 16.7 Å². The SMILES string of the molecule is OC(CSc1nc2ccccc2o1)c1ccccc1. The van der Waals surface area contributed by atoms with Crippen molar-refractivity contribution in [1.82, 2.24) is 4.98 Å². The van der Waals surface area contributed by atoms with Crippen LogP contribution in [0.1, 0.15) is 11.7 Å². The predicted octanol–water partition coefficient (Wildman–Crippen LogP) is 3.65. The highest BCUT2D eigenvalue weighted by Gasteiger charge is 2.11. The first-order valence-corrected chi connectivity index (χ1v) is 7.03. The number of rotatable bonds is 4. The van der Waals surface area contributed by atoms with Crippen molar-refractivity contribution < 1.29 is 9.52 Å². The topological polar surface area (TPSA) is 46.3 Å². The Kier molecular flexibility index (Phi) is 3.53. The lowest BCUT2D eigenvalue weighted by Gasteiger charge is -2.08. The van der Waals surface area contributed by atoms with Gasteiger partial charge in [0.2, 0.25) is 0 Å². The van der Waals surface area contributed by atoms with E-state index in [2.05, 4.69) is 4.98 Å². The van der Waals surface area contributed by atoms with Crippen molar-refractivity contribution in [3.8, 4) is 0 Å². The van der Waals surface area contributed by atoms with Crippen LogP contribution >= 0.6 is 11.8 Å². The number of para-hydroxylation sites is 2. The molecule has 0 aliphatic carbocycles. The van der Waals surface area contributed by atoms with Gasteiger partial charge < -0.3 is 9.52 Å². The molecule has 0 saturated carbocycles. The Morgan fingerprint density at radius 3 is 2.58 bits per heavy atom. The zero-order valence-corrected chi connectivity index (χ0v) is 11.0. The molecule has 0 spiro atoms. The molecular formula is C15H13NO2S. The van der Waals surface area contributed by atoms with Crippen LogP contribution in [0.4, 0.5) is 0 Å². The summed E-state index contributed by atoms with van der Waals surface area (Å²) in [6.45, 7) is 0. The summed E-state index contributed by atoms with van der Waals surface area (Å²) in [7, 11) is 0. The predicted molar refractivity (Wildman–Crippen MR) is 76.1 cm³/mol. The first-order chi connectivity index (χ1) is 9.33. The van der Waals surface area contributed by atoms with Gasteiger partial charge in [0.05, 0.1) is 6.10 Å². The lowest BCUT2D eigenvalue weighted by molar-refractivity contribution is 0.204. The highest BCUT2D eigenvalue weighted by Crippen LogP contribution is 2.27. The number of hydrogen-bond acceptors (Lipinski definition) is 4. The molecule has 19 heavy (non-hydrogen) atoms. The molecule has 0 aliphatic heterocycles. The molecule has 1 unspecified atom stereocenters. The van der Waals surface area contributed by atoms with E-state index in [4.69, 9.17) is 4.42 Å². The van der Waals surface area contributed by atoms with Crippen LogP contribution in [0, 0.1) is 0 Å². The largest absolute Gasteiger partial charge is 0.431 e. The molecule has 0 aliphatic rings. The molecule has 1 N–H and O–H groups in total. The lowest BCUT2D eigenvalue weighted by Crippen LogP contribution is -1.99. The second-order valence-corrected chi connectivity index (χ2v) is 5.16. The Morgan fingerprint density at radius 2 is 1.79 bits per heavy atom. The Morgan fingerprint density at radius 1 is 1.05 bits per heavy atom. The summed E-state index contributed by atoms with van der Waals surface area (Å²) >= 11 is 1.42. The number of oxazole rings is 1. The molecule has 3 aromatic rings. The van der Waals surface area contributed by atoms with Gasteiger partial charge in [-0.15, -0.1) is 0 Å². The fourth-order valence-electron chi connectivity index (χ4n) is 1.83. The van der Waals surface area contributed by atoms with Gasteiger partial charge in [-0.2, -0.15) is 0 Å². The summed E-state index contributed by atoms with van der Waals surface area (Å²) in [5.74, 6) is 0.525. The molecule has 0 saturated heterocycles. The van der Waals surface area contributed by atoms with Crippen molar-refractivity contribution >= 4 is 22.9 Å². The first kappa shape index (κ1) is 12.3. The van der Waals surface area contributed by atoms with E-state index in [1.54, 1.807) is 0 Å². The minimum Gasteiger partial charge on any atom is -0.431 e. The number of aliphatic hydroxyl groups excluding tert-OH is 1. The summed E-state index contributed by atoms with van der Waals surface area (Å²) in [6.07, 6.45) is -0.513. The fourth-order valence-corrected chi connectivity index (χ4v) is 2.64. The van der Waals surface area contributed by atoms with Crippen LogP contribution < -0.4 is 0 Å². The van der Waals surface area contributed by atoms with Crippen LogP contribution in [0.2, 0.25) is 0 Å². The maximum absolute atomic E-state index is 10.1. The number of aliphatic hydroxyl groups is 1. The van der Waals surface area contributed by atoms with Crippen molar-refractivity contribution in [3.05, 3.63) is 60.2 Å². The Labute approximate surface area is 115 Å². The zero-order valence-electron chi connectivity index (χ0n) is 10.2. The average molecular weight is 271 g/mol. The first-order valence-electron chi connectivity index (χ1n) is 6.04. The smallest absolute Gasteiger partial charge is 0.256 e. The Balaban J connectivity index is 1.69.